The molecule has 88 valence electrons. The molecule has 1 aromatic carbocycles. The van der Waals surface area contributed by atoms with Gasteiger partial charge in [0.1, 0.15) is 0 Å². The van der Waals surface area contributed by atoms with Crippen LogP contribution in [0.1, 0.15) is 30.9 Å². The Morgan fingerprint density at radius 1 is 1.29 bits per heavy atom. The Labute approximate surface area is 101 Å². The van der Waals surface area contributed by atoms with Gasteiger partial charge in [-0.25, -0.2) is 5.43 Å². The molecular weight excluding hydrogens is 212 g/mol. The number of hydrogen-bond acceptors (Lipinski definition) is 2. The first-order valence-corrected chi connectivity index (χ1v) is 6.26. The highest BCUT2D eigenvalue weighted by atomic mass is 16.2. The van der Waals surface area contributed by atoms with E-state index in [1.165, 1.54) is 12.0 Å². The predicted molar refractivity (Wildman–Crippen MR) is 66.7 cm³/mol. The van der Waals surface area contributed by atoms with Gasteiger partial charge in [0.25, 0.3) is 0 Å². The summed E-state index contributed by atoms with van der Waals surface area (Å²) < 4.78 is 0. The lowest BCUT2D eigenvalue weighted by molar-refractivity contribution is -0.122. The van der Waals surface area contributed by atoms with Crippen molar-refractivity contribution in [1.29, 1.82) is 0 Å². The highest BCUT2D eigenvalue weighted by molar-refractivity contribution is 6.09. The molecule has 1 fully saturated rings. The molecule has 0 radical (unpaired) electrons. The van der Waals surface area contributed by atoms with Crippen molar-refractivity contribution in [2.75, 3.05) is 0 Å². The third kappa shape index (κ3) is 1.86. The van der Waals surface area contributed by atoms with E-state index in [-0.39, 0.29) is 11.8 Å². The third-order valence-electron chi connectivity index (χ3n) is 3.55. The molecule has 1 aliphatic heterocycles. The molecule has 0 aromatic heterocycles. The van der Waals surface area contributed by atoms with E-state index in [9.17, 15) is 4.79 Å². The predicted octanol–water partition coefficient (Wildman–Crippen LogP) is 2.11. The minimum Gasteiger partial charge on any atom is -0.273 e. The molecular formula is C14H16N2O. The van der Waals surface area contributed by atoms with E-state index in [0.717, 1.165) is 24.1 Å². The molecule has 3 heteroatoms. The molecule has 17 heavy (non-hydrogen) atoms. The first-order chi connectivity index (χ1) is 8.29. The van der Waals surface area contributed by atoms with Crippen molar-refractivity contribution in [1.82, 2.24) is 5.43 Å². The van der Waals surface area contributed by atoms with Crippen molar-refractivity contribution in [3.63, 3.8) is 0 Å². The summed E-state index contributed by atoms with van der Waals surface area (Å²) in [5.74, 6) is 0.625. The average Bonchev–Trinajstić information content (AvgIpc) is 3.12. The summed E-state index contributed by atoms with van der Waals surface area (Å²) in [6.45, 7) is 2.18. The molecule has 2 atom stereocenters. The van der Waals surface area contributed by atoms with Gasteiger partial charge >= 0.3 is 0 Å². The number of rotatable bonds is 3. The fourth-order valence-corrected chi connectivity index (χ4v) is 2.48. The number of hydrazone groups is 1. The number of carbonyl (C=O) groups excluding carboxylic acids is 1. The maximum Gasteiger partial charge on any atom is 0.243 e. The van der Waals surface area contributed by atoms with Gasteiger partial charge in [0.2, 0.25) is 5.91 Å². The summed E-state index contributed by atoms with van der Waals surface area (Å²) in [6, 6.07) is 8.57. The van der Waals surface area contributed by atoms with Gasteiger partial charge in [-0.2, -0.15) is 5.10 Å². The Hall–Kier alpha value is -1.64. The number of benzene rings is 1. The van der Waals surface area contributed by atoms with Crippen LogP contribution in [0.25, 0.3) is 0 Å². The SMILES string of the molecule is CCCc1ccc(C2=NNC(=O)[C@H]3C[C@@H]23)cc1. The Kier molecular flexibility index (Phi) is 2.46. The molecule has 3 nitrogen and oxygen atoms in total. The second kappa shape index (κ2) is 3.99. The van der Waals surface area contributed by atoms with Crippen LogP contribution in [0.4, 0.5) is 0 Å². The highest BCUT2D eigenvalue weighted by Gasteiger charge is 2.49. The van der Waals surface area contributed by atoms with Crippen LogP contribution in [0, 0.1) is 11.8 Å². The smallest absolute Gasteiger partial charge is 0.243 e. The molecule has 1 amide bonds. The van der Waals surface area contributed by atoms with Gasteiger partial charge in [-0.05, 0) is 24.0 Å². The first-order valence-electron chi connectivity index (χ1n) is 6.26. The number of nitrogens with zero attached hydrogens (tertiary/aromatic N) is 1. The van der Waals surface area contributed by atoms with Gasteiger partial charge in [0.15, 0.2) is 0 Å². The Morgan fingerprint density at radius 2 is 2.06 bits per heavy atom. The van der Waals surface area contributed by atoms with Gasteiger partial charge in [0.05, 0.1) is 5.71 Å². The summed E-state index contributed by atoms with van der Waals surface area (Å²) in [7, 11) is 0. The number of carbonyl (C=O) groups is 1. The van der Waals surface area contributed by atoms with Crippen LogP contribution in [0.15, 0.2) is 29.4 Å². The topological polar surface area (TPSA) is 41.5 Å². The standard InChI is InChI=1S/C14H16N2O/c1-2-3-9-4-6-10(7-5-9)13-11-8-12(11)14(17)16-15-13/h4-7,11-12H,2-3,8H2,1H3,(H,16,17)/t11-,12+/m1/s1. The monoisotopic (exact) mass is 228 g/mol. The Morgan fingerprint density at radius 3 is 2.76 bits per heavy atom. The second-order valence-corrected chi connectivity index (χ2v) is 4.87. The van der Waals surface area contributed by atoms with Crippen molar-refractivity contribution in [3.8, 4) is 0 Å². The molecule has 1 N–H and O–H groups in total. The molecule has 1 heterocycles. The summed E-state index contributed by atoms with van der Waals surface area (Å²) in [6.07, 6.45) is 3.25. The fraction of sp³-hybridized carbons (Fsp3) is 0.429. The zero-order chi connectivity index (χ0) is 11.8. The van der Waals surface area contributed by atoms with Crippen molar-refractivity contribution >= 4 is 11.6 Å². The second-order valence-electron chi connectivity index (χ2n) is 4.87. The molecule has 1 aromatic rings. The van der Waals surface area contributed by atoms with E-state index in [0.29, 0.717) is 5.92 Å². The summed E-state index contributed by atoms with van der Waals surface area (Å²) in [5, 5.41) is 4.20. The molecule has 0 saturated heterocycles. The Balaban J connectivity index is 1.83. The number of amides is 1. The number of nitrogens with one attached hydrogen (secondary N) is 1. The molecule has 0 spiro atoms. The number of hydrogen-bond donors (Lipinski definition) is 1. The first kappa shape index (κ1) is 10.5. The molecule has 3 rings (SSSR count). The normalized spacial score (nSPS) is 25.9. The van der Waals surface area contributed by atoms with Crippen LogP contribution >= 0.6 is 0 Å². The minimum atomic E-state index is 0.0846. The van der Waals surface area contributed by atoms with Crippen LogP contribution in [-0.4, -0.2) is 11.6 Å². The largest absolute Gasteiger partial charge is 0.273 e. The maximum absolute atomic E-state index is 11.3. The lowest BCUT2D eigenvalue weighted by Gasteiger charge is -2.12. The van der Waals surface area contributed by atoms with E-state index in [4.69, 9.17) is 0 Å². The number of aryl methyl sites for hydroxylation is 1. The van der Waals surface area contributed by atoms with E-state index in [1.807, 2.05) is 0 Å². The van der Waals surface area contributed by atoms with Crippen molar-refractivity contribution in [3.05, 3.63) is 35.4 Å². The average molecular weight is 228 g/mol. The van der Waals surface area contributed by atoms with Crippen LogP contribution in [-0.2, 0) is 11.2 Å². The van der Waals surface area contributed by atoms with Gasteiger partial charge in [-0.3, -0.25) is 4.79 Å². The fourth-order valence-electron chi connectivity index (χ4n) is 2.48. The minimum absolute atomic E-state index is 0.0846. The maximum atomic E-state index is 11.3. The lowest BCUT2D eigenvalue weighted by Crippen LogP contribution is -2.28. The zero-order valence-corrected chi connectivity index (χ0v) is 9.94. The van der Waals surface area contributed by atoms with Crippen LogP contribution < -0.4 is 5.43 Å². The zero-order valence-electron chi connectivity index (χ0n) is 9.94. The highest BCUT2D eigenvalue weighted by Crippen LogP contribution is 2.43. The summed E-state index contributed by atoms with van der Waals surface area (Å²) >= 11 is 0. The van der Waals surface area contributed by atoms with E-state index >= 15 is 0 Å². The Bertz CT molecular complexity index is 476. The van der Waals surface area contributed by atoms with E-state index < -0.39 is 0 Å². The summed E-state index contributed by atoms with van der Waals surface area (Å²) in [5.41, 5.74) is 6.18. The van der Waals surface area contributed by atoms with E-state index in [1.54, 1.807) is 0 Å². The molecule has 1 aliphatic carbocycles. The van der Waals surface area contributed by atoms with Crippen molar-refractivity contribution < 1.29 is 4.79 Å². The van der Waals surface area contributed by atoms with E-state index in [2.05, 4.69) is 41.7 Å². The van der Waals surface area contributed by atoms with Crippen LogP contribution in [0.2, 0.25) is 0 Å². The van der Waals surface area contributed by atoms with Crippen LogP contribution in [0.5, 0.6) is 0 Å². The molecule has 0 unspecified atom stereocenters. The molecule has 2 aliphatic rings. The van der Waals surface area contributed by atoms with Crippen LogP contribution in [0.3, 0.4) is 0 Å². The molecule has 1 saturated carbocycles. The quantitative estimate of drug-likeness (QED) is 0.845. The van der Waals surface area contributed by atoms with Gasteiger partial charge in [0, 0.05) is 11.8 Å². The van der Waals surface area contributed by atoms with Gasteiger partial charge in [-0.15, -0.1) is 0 Å². The molecule has 0 bridgehead atoms. The van der Waals surface area contributed by atoms with Crippen molar-refractivity contribution in [2.45, 2.75) is 26.2 Å². The summed E-state index contributed by atoms with van der Waals surface area (Å²) in [4.78, 5) is 11.3. The number of fused-ring (bicyclic) bond motifs is 1. The lowest BCUT2D eigenvalue weighted by atomic mass is 10.0. The van der Waals surface area contributed by atoms with Gasteiger partial charge in [-0.1, -0.05) is 37.6 Å². The third-order valence-corrected chi connectivity index (χ3v) is 3.55. The van der Waals surface area contributed by atoms with Gasteiger partial charge < -0.3 is 0 Å². The van der Waals surface area contributed by atoms with Crippen molar-refractivity contribution in [2.24, 2.45) is 16.9 Å².